The minimum atomic E-state index is -0.0686. The van der Waals surface area contributed by atoms with Gasteiger partial charge >= 0.3 is 0 Å². The Kier molecular flexibility index (Phi) is 4.35. The molecule has 3 heteroatoms. The van der Waals surface area contributed by atoms with Crippen LogP contribution in [0.4, 0.5) is 5.69 Å². The van der Waals surface area contributed by atoms with Crippen LogP contribution in [-0.2, 0) is 5.41 Å². The molecule has 0 bridgehead atoms. The molecule has 2 aromatic rings. The Morgan fingerprint density at radius 3 is 2.67 bits per heavy atom. The number of hydrogen-bond donors (Lipinski definition) is 1. The van der Waals surface area contributed by atoms with Gasteiger partial charge in [0.05, 0.1) is 0 Å². The van der Waals surface area contributed by atoms with E-state index in [9.17, 15) is 9.90 Å². The Labute approximate surface area is 143 Å². The summed E-state index contributed by atoms with van der Waals surface area (Å²) in [7, 11) is 0. The van der Waals surface area contributed by atoms with Crippen LogP contribution in [0.25, 0.3) is 0 Å². The Morgan fingerprint density at radius 2 is 1.96 bits per heavy atom. The smallest absolute Gasteiger partial charge is 0.161 e. The lowest BCUT2D eigenvalue weighted by Crippen LogP contribution is -2.52. The largest absolute Gasteiger partial charge is 0.508 e. The van der Waals surface area contributed by atoms with Gasteiger partial charge in [-0.15, -0.1) is 0 Å². The Balaban J connectivity index is 2.02. The molecule has 3 rings (SSSR count). The standard InChI is InChI=1S/C21H25NO2/c1-15(23)19-10-4-5-11-20(19)22-13-7-12-21(3,16(22)2)17-8-6-9-18(24)14-17/h4-6,8-11,14,16,24H,7,12-13H2,1-3H3. The summed E-state index contributed by atoms with van der Waals surface area (Å²) in [6.45, 7) is 7.05. The van der Waals surface area contributed by atoms with Gasteiger partial charge in [-0.25, -0.2) is 0 Å². The zero-order valence-corrected chi connectivity index (χ0v) is 14.6. The molecule has 1 heterocycles. The van der Waals surface area contributed by atoms with Crippen LogP contribution in [0.5, 0.6) is 5.75 Å². The second kappa shape index (κ2) is 6.31. The van der Waals surface area contributed by atoms with Gasteiger partial charge in [-0.3, -0.25) is 4.79 Å². The van der Waals surface area contributed by atoms with Crippen LogP contribution < -0.4 is 4.90 Å². The van der Waals surface area contributed by atoms with Crippen LogP contribution in [0.15, 0.2) is 48.5 Å². The van der Waals surface area contributed by atoms with Crippen molar-refractivity contribution in [1.29, 1.82) is 0 Å². The Hall–Kier alpha value is -2.29. The number of aromatic hydroxyl groups is 1. The fraction of sp³-hybridized carbons (Fsp3) is 0.381. The highest BCUT2D eigenvalue weighted by atomic mass is 16.3. The van der Waals surface area contributed by atoms with Crippen molar-refractivity contribution in [2.24, 2.45) is 0 Å². The van der Waals surface area contributed by atoms with Crippen LogP contribution in [0.1, 0.15) is 49.5 Å². The van der Waals surface area contributed by atoms with Gasteiger partial charge in [-0.2, -0.15) is 0 Å². The minimum Gasteiger partial charge on any atom is -0.508 e. The molecule has 3 nitrogen and oxygen atoms in total. The second-order valence-electron chi connectivity index (χ2n) is 7.01. The van der Waals surface area contributed by atoms with Gasteiger partial charge < -0.3 is 10.0 Å². The molecular weight excluding hydrogens is 298 g/mol. The molecule has 2 unspecified atom stereocenters. The highest BCUT2D eigenvalue weighted by Gasteiger charge is 2.40. The fourth-order valence-electron chi connectivity index (χ4n) is 3.96. The third-order valence-corrected chi connectivity index (χ3v) is 5.58. The SMILES string of the molecule is CC(=O)c1ccccc1N1CCCC(C)(c2cccc(O)c2)C1C. The predicted octanol–water partition coefficient (Wildman–Crippen LogP) is 4.54. The van der Waals surface area contributed by atoms with E-state index in [1.165, 1.54) is 0 Å². The molecule has 1 saturated heterocycles. The van der Waals surface area contributed by atoms with Crippen molar-refractivity contribution in [2.45, 2.75) is 45.1 Å². The first-order valence-corrected chi connectivity index (χ1v) is 8.59. The van der Waals surface area contributed by atoms with E-state index in [2.05, 4.69) is 24.8 Å². The number of nitrogens with zero attached hydrogens (tertiary/aromatic N) is 1. The number of para-hydroxylation sites is 1. The van der Waals surface area contributed by atoms with Crippen molar-refractivity contribution in [3.8, 4) is 5.75 Å². The van der Waals surface area contributed by atoms with Crippen molar-refractivity contribution in [1.82, 2.24) is 0 Å². The zero-order chi connectivity index (χ0) is 17.3. The number of piperidine rings is 1. The number of hydrogen-bond acceptors (Lipinski definition) is 3. The minimum absolute atomic E-state index is 0.0686. The van der Waals surface area contributed by atoms with Crippen molar-refractivity contribution < 1.29 is 9.90 Å². The number of benzene rings is 2. The van der Waals surface area contributed by atoms with Gasteiger partial charge in [-0.05, 0) is 56.5 Å². The fourth-order valence-corrected chi connectivity index (χ4v) is 3.96. The molecule has 0 saturated carbocycles. The number of rotatable bonds is 3. The van der Waals surface area contributed by atoms with E-state index in [0.717, 1.165) is 36.2 Å². The Bertz CT molecular complexity index is 755. The summed E-state index contributed by atoms with van der Waals surface area (Å²) in [6, 6.07) is 15.7. The van der Waals surface area contributed by atoms with E-state index in [1.807, 2.05) is 36.4 Å². The number of anilines is 1. The van der Waals surface area contributed by atoms with Gasteiger partial charge in [0.2, 0.25) is 0 Å². The van der Waals surface area contributed by atoms with Gasteiger partial charge in [0.25, 0.3) is 0 Å². The van der Waals surface area contributed by atoms with E-state index in [-0.39, 0.29) is 17.2 Å². The molecule has 126 valence electrons. The first-order valence-electron chi connectivity index (χ1n) is 8.59. The van der Waals surface area contributed by atoms with Crippen LogP contribution in [0, 0.1) is 0 Å². The van der Waals surface area contributed by atoms with Crippen LogP contribution in [0.2, 0.25) is 0 Å². The molecule has 1 fully saturated rings. The van der Waals surface area contributed by atoms with Crippen molar-refractivity contribution in [3.05, 3.63) is 59.7 Å². The van der Waals surface area contributed by atoms with E-state index in [4.69, 9.17) is 0 Å². The van der Waals surface area contributed by atoms with E-state index < -0.39 is 0 Å². The molecule has 24 heavy (non-hydrogen) atoms. The summed E-state index contributed by atoms with van der Waals surface area (Å²) >= 11 is 0. The first-order chi connectivity index (χ1) is 11.4. The summed E-state index contributed by atoms with van der Waals surface area (Å²) in [6.07, 6.45) is 2.12. The number of phenolic OH excluding ortho intramolecular Hbond substituents is 1. The molecule has 0 spiro atoms. The maximum Gasteiger partial charge on any atom is 0.161 e. The average Bonchev–Trinajstić information content (AvgIpc) is 2.57. The Morgan fingerprint density at radius 1 is 1.21 bits per heavy atom. The van der Waals surface area contributed by atoms with Gasteiger partial charge in [0, 0.05) is 29.3 Å². The molecule has 2 atom stereocenters. The van der Waals surface area contributed by atoms with Crippen molar-refractivity contribution in [3.63, 3.8) is 0 Å². The summed E-state index contributed by atoms with van der Waals surface area (Å²) in [5, 5.41) is 9.89. The lowest BCUT2D eigenvalue weighted by Gasteiger charge is -2.48. The van der Waals surface area contributed by atoms with Crippen LogP contribution >= 0.6 is 0 Å². The summed E-state index contributed by atoms with van der Waals surface area (Å²) in [5.41, 5.74) is 2.88. The number of carbonyl (C=O) groups excluding carboxylic acids is 1. The summed E-state index contributed by atoms with van der Waals surface area (Å²) in [4.78, 5) is 14.4. The van der Waals surface area contributed by atoms with E-state index in [0.29, 0.717) is 5.75 Å². The lowest BCUT2D eigenvalue weighted by molar-refractivity contribution is 0.101. The highest BCUT2D eigenvalue weighted by Crippen LogP contribution is 2.42. The van der Waals surface area contributed by atoms with E-state index >= 15 is 0 Å². The molecular formula is C21H25NO2. The predicted molar refractivity (Wildman–Crippen MR) is 97.9 cm³/mol. The van der Waals surface area contributed by atoms with Crippen LogP contribution in [0.3, 0.4) is 0 Å². The molecule has 0 radical (unpaired) electrons. The molecule has 0 aromatic heterocycles. The van der Waals surface area contributed by atoms with Gasteiger partial charge in [-0.1, -0.05) is 31.2 Å². The first kappa shape index (κ1) is 16.6. The number of phenols is 1. The van der Waals surface area contributed by atoms with Crippen molar-refractivity contribution in [2.75, 3.05) is 11.4 Å². The lowest BCUT2D eigenvalue weighted by atomic mass is 9.70. The average molecular weight is 323 g/mol. The molecule has 1 N–H and O–H groups in total. The molecule has 1 aliphatic rings. The van der Waals surface area contributed by atoms with E-state index in [1.54, 1.807) is 13.0 Å². The highest BCUT2D eigenvalue weighted by molar-refractivity contribution is 5.99. The molecule has 0 amide bonds. The third kappa shape index (κ3) is 2.79. The summed E-state index contributed by atoms with van der Waals surface area (Å²) < 4.78 is 0. The van der Waals surface area contributed by atoms with Crippen LogP contribution in [-0.4, -0.2) is 23.5 Å². The number of Topliss-reactive ketones (excluding diaryl/α,β-unsaturated/α-hetero) is 1. The number of carbonyl (C=O) groups is 1. The molecule has 2 aromatic carbocycles. The maximum absolute atomic E-state index is 12.0. The quantitative estimate of drug-likeness (QED) is 0.843. The van der Waals surface area contributed by atoms with Gasteiger partial charge in [0.1, 0.15) is 5.75 Å². The molecule has 0 aliphatic carbocycles. The summed E-state index contributed by atoms with van der Waals surface area (Å²) in [5.74, 6) is 0.407. The normalized spacial score (nSPS) is 24.0. The number of ketones is 1. The monoisotopic (exact) mass is 323 g/mol. The molecule has 1 aliphatic heterocycles. The topological polar surface area (TPSA) is 40.5 Å². The third-order valence-electron chi connectivity index (χ3n) is 5.58. The van der Waals surface area contributed by atoms with Gasteiger partial charge in [0.15, 0.2) is 5.78 Å². The zero-order valence-electron chi connectivity index (χ0n) is 14.6. The second-order valence-corrected chi connectivity index (χ2v) is 7.01. The maximum atomic E-state index is 12.0. The van der Waals surface area contributed by atoms with Crippen molar-refractivity contribution >= 4 is 11.5 Å².